The van der Waals surface area contributed by atoms with Gasteiger partial charge < -0.3 is 5.11 Å². The van der Waals surface area contributed by atoms with Gasteiger partial charge in [-0.1, -0.05) is 12.1 Å². The number of aromatic hydroxyl groups is 1. The summed E-state index contributed by atoms with van der Waals surface area (Å²) >= 11 is 2.93. The summed E-state index contributed by atoms with van der Waals surface area (Å²) in [5.41, 5.74) is 1.44. The van der Waals surface area contributed by atoms with E-state index >= 15 is 0 Å². The maximum Gasteiger partial charge on any atom is 0.266 e. The predicted molar refractivity (Wildman–Crippen MR) is 97.2 cm³/mol. The summed E-state index contributed by atoms with van der Waals surface area (Å²) in [6, 6.07) is 9.25. The van der Waals surface area contributed by atoms with E-state index in [2.05, 4.69) is 4.99 Å². The zero-order chi connectivity index (χ0) is 16.4. The van der Waals surface area contributed by atoms with Crippen molar-refractivity contribution in [3.63, 3.8) is 0 Å². The van der Waals surface area contributed by atoms with E-state index in [9.17, 15) is 9.90 Å². The molecule has 1 amide bonds. The van der Waals surface area contributed by atoms with Gasteiger partial charge in [-0.15, -0.1) is 11.3 Å². The molecule has 0 spiro atoms. The second-order valence-electron chi connectivity index (χ2n) is 5.06. The van der Waals surface area contributed by atoms with Gasteiger partial charge in [0, 0.05) is 11.4 Å². The summed E-state index contributed by atoms with van der Waals surface area (Å²) in [5.74, 6) is 0.0774. The number of thiophene rings is 1. The van der Waals surface area contributed by atoms with Crippen LogP contribution in [0, 0.1) is 6.92 Å². The molecule has 0 unspecified atom stereocenters. The Morgan fingerprint density at radius 3 is 2.83 bits per heavy atom. The Labute approximate surface area is 143 Å². The Balaban J connectivity index is 1.95. The number of phenolic OH excluding ortho intramolecular Hbond substituents is 1. The molecule has 2 heterocycles. The SMILES string of the molecule is CCN1C(=O)/C(=C/c2cccs2)SC1=Nc1ccc(C)cc1O. The summed E-state index contributed by atoms with van der Waals surface area (Å²) < 4.78 is 0. The van der Waals surface area contributed by atoms with Crippen LogP contribution < -0.4 is 0 Å². The minimum atomic E-state index is -0.0451. The fourth-order valence-electron chi connectivity index (χ4n) is 2.20. The number of amides is 1. The van der Waals surface area contributed by atoms with E-state index in [1.165, 1.54) is 11.8 Å². The molecule has 1 aromatic carbocycles. The molecular formula is C17H16N2O2S2. The van der Waals surface area contributed by atoms with E-state index in [-0.39, 0.29) is 11.7 Å². The number of likely N-dealkylation sites (N-methyl/N-ethyl adjacent to an activating group) is 1. The van der Waals surface area contributed by atoms with Crippen LogP contribution in [0.1, 0.15) is 17.4 Å². The maximum absolute atomic E-state index is 12.5. The first-order chi connectivity index (χ1) is 11.1. The topological polar surface area (TPSA) is 52.9 Å². The first-order valence-electron chi connectivity index (χ1n) is 7.21. The van der Waals surface area contributed by atoms with Crippen molar-refractivity contribution in [2.75, 3.05) is 6.54 Å². The highest BCUT2D eigenvalue weighted by atomic mass is 32.2. The van der Waals surface area contributed by atoms with E-state index in [1.807, 2.05) is 43.5 Å². The van der Waals surface area contributed by atoms with Crippen LogP contribution in [0.25, 0.3) is 6.08 Å². The van der Waals surface area contributed by atoms with Gasteiger partial charge in [0.25, 0.3) is 5.91 Å². The molecule has 1 aliphatic rings. The average molecular weight is 344 g/mol. The lowest BCUT2D eigenvalue weighted by molar-refractivity contribution is -0.122. The predicted octanol–water partition coefficient (Wildman–Crippen LogP) is 4.39. The molecule has 1 saturated heterocycles. The summed E-state index contributed by atoms with van der Waals surface area (Å²) in [6.45, 7) is 4.36. The van der Waals surface area contributed by atoms with Crippen LogP contribution in [0.5, 0.6) is 5.75 Å². The molecule has 0 saturated carbocycles. The van der Waals surface area contributed by atoms with E-state index < -0.39 is 0 Å². The molecule has 1 aromatic heterocycles. The lowest BCUT2D eigenvalue weighted by Gasteiger charge is -2.12. The van der Waals surface area contributed by atoms with Gasteiger partial charge in [-0.2, -0.15) is 0 Å². The molecule has 4 nitrogen and oxygen atoms in total. The van der Waals surface area contributed by atoms with Gasteiger partial charge in [-0.25, -0.2) is 4.99 Å². The number of phenols is 1. The van der Waals surface area contributed by atoms with E-state index in [0.717, 1.165) is 10.4 Å². The number of hydrogen-bond acceptors (Lipinski definition) is 5. The van der Waals surface area contributed by atoms with Crippen molar-refractivity contribution in [3.8, 4) is 5.75 Å². The summed E-state index contributed by atoms with van der Waals surface area (Å²) in [6.07, 6.45) is 1.89. The van der Waals surface area contributed by atoms with Gasteiger partial charge in [0.15, 0.2) is 5.17 Å². The Hall–Kier alpha value is -2.05. The van der Waals surface area contributed by atoms with Crippen LogP contribution in [0.4, 0.5) is 5.69 Å². The summed E-state index contributed by atoms with van der Waals surface area (Å²) in [4.78, 5) is 20.3. The Morgan fingerprint density at radius 2 is 2.17 bits per heavy atom. The number of benzene rings is 1. The monoisotopic (exact) mass is 344 g/mol. The molecule has 118 valence electrons. The zero-order valence-electron chi connectivity index (χ0n) is 12.8. The van der Waals surface area contributed by atoms with Crippen molar-refractivity contribution in [3.05, 3.63) is 51.1 Å². The molecule has 0 radical (unpaired) electrons. The fraction of sp³-hybridized carbons (Fsp3) is 0.176. The molecule has 1 N–H and O–H groups in total. The number of thioether (sulfide) groups is 1. The Bertz CT molecular complexity index is 795. The molecule has 1 aliphatic heterocycles. The maximum atomic E-state index is 12.5. The molecule has 2 aromatic rings. The van der Waals surface area contributed by atoms with E-state index in [1.54, 1.807) is 28.4 Å². The Kier molecular flexibility index (Phi) is 4.54. The smallest absolute Gasteiger partial charge is 0.266 e. The number of nitrogens with zero attached hydrogens (tertiary/aromatic N) is 2. The quantitative estimate of drug-likeness (QED) is 0.840. The van der Waals surface area contributed by atoms with Gasteiger partial charge in [0.1, 0.15) is 11.4 Å². The van der Waals surface area contributed by atoms with Crippen LogP contribution in [0.2, 0.25) is 0 Å². The van der Waals surface area contributed by atoms with Gasteiger partial charge >= 0.3 is 0 Å². The molecule has 1 fully saturated rings. The number of aryl methyl sites for hydroxylation is 1. The number of carbonyl (C=O) groups is 1. The number of rotatable bonds is 3. The second kappa shape index (κ2) is 6.60. The molecular weight excluding hydrogens is 328 g/mol. The van der Waals surface area contributed by atoms with Crippen LogP contribution in [-0.2, 0) is 4.79 Å². The van der Waals surface area contributed by atoms with Gasteiger partial charge in [0.2, 0.25) is 0 Å². The number of aliphatic imine (C=N–C) groups is 1. The summed E-state index contributed by atoms with van der Waals surface area (Å²) in [5, 5.41) is 12.6. The van der Waals surface area contributed by atoms with E-state index in [4.69, 9.17) is 0 Å². The second-order valence-corrected chi connectivity index (χ2v) is 7.05. The molecule has 6 heteroatoms. The van der Waals surface area contributed by atoms with Crippen molar-refractivity contribution in [2.24, 2.45) is 4.99 Å². The van der Waals surface area contributed by atoms with Crippen molar-refractivity contribution in [1.82, 2.24) is 4.90 Å². The third-order valence-corrected chi connectivity index (χ3v) is 5.19. The van der Waals surface area contributed by atoms with Crippen molar-refractivity contribution in [1.29, 1.82) is 0 Å². The minimum Gasteiger partial charge on any atom is -0.506 e. The zero-order valence-corrected chi connectivity index (χ0v) is 14.4. The lowest BCUT2D eigenvalue weighted by atomic mass is 10.2. The standard InChI is InChI=1S/C17H16N2O2S2/c1-3-19-16(21)15(10-12-5-4-8-22-12)23-17(19)18-13-7-6-11(2)9-14(13)20/h4-10,20H,3H2,1-2H3/b15-10-,18-17?. The largest absolute Gasteiger partial charge is 0.506 e. The first-order valence-corrected chi connectivity index (χ1v) is 8.91. The average Bonchev–Trinajstić information content (AvgIpc) is 3.12. The highest BCUT2D eigenvalue weighted by Crippen LogP contribution is 2.36. The molecule has 0 bridgehead atoms. The lowest BCUT2D eigenvalue weighted by Crippen LogP contribution is -2.28. The van der Waals surface area contributed by atoms with Gasteiger partial charge in [-0.05, 0) is 60.8 Å². The number of hydrogen-bond donors (Lipinski definition) is 1. The van der Waals surface area contributed by atoms with E-state index in [0.29, 0.717) is 22.3 Å². The number of amidine groups is 1. The normalized spacial score (nSPS) is 18.3. The molecule has 0 atom stereocenters. The Morgan fingerprint density at radius 1 is 1.35 bits per heavy atom. The molecule has 0 aliphatic carbocycles. The molecule has 3 rings (SSSR count). The summed E-state index contributed by atoms with van der Waals surface area (Å²) in [7, 11) is 0. The third kappa shape index (κ3) is 3.33. The van der Waals surface area contributed by atoms with Crippen LogP contribution >= 0.6 is 23.1 Å². The van der Waals surface area contributed by atoms with Crippen LogP contribution in [0.15, 0.2) is 45.6 Å². The van der Waals surface area contributed by atoms with Crippen LogP contribution in [0.3, 0.4) is 0 Å². The van der Waals surface area contributed by atoms with Gasteiger partial charge in [0.05, 0.1) is 4.91 Å². The van der Waals surface area contributed by atoms with Crippen molar-refractivity contribution < 1.29 is 9.90 Å². The van der Waals surface area contributed by atoms with Crippen molar-refractivity contribution >= 4 is 45.9 Å². The molecule has 23 heavy (non-hydrogen) atoms. The highest BCUT2D eigenvalue weighted by Gasteiger charge is 2.32. The third-order valence-electron chi connectivity index (χ3n) is 3.37. The fourth-order valence-corrected chi connectivity index (χ4v) is 3.98. The first kappa shape index (κ1) is 15.8. The number of carbonyl (C=O) groups excluding carboxylic acids is 1. The minimum absolute atomic E-state index is 0.0451. The van der Waals surface area contributed by atoms with Crippen molar-refractivity contribution in [2.45, 2.75) is 13.8 Å². The van der Waals surface area contributed by atoms with Gasteiger partial charge in [-0.3, -0.25) is 9.69 Å². The van der Waals surface area contributed by atoms with Crippen LogP contribution in [-0.4, -0.2) is 27.6 Å². The highest BCUT2D eigenvalue weighted by molar-refractivity contribution is 8.18.